The molecule has 1 fully saturated rings. The van der Waals surface area contributed by atoms with Gasteiger partial charge in [-0.1, -0.05) is 42.5 Å². The highest BCUT2D eigenvalue weighted by molar-refractivity contribution is 5.77. The Labute approximate surface area is 153 Å². The van der Waals surface area contributed by atoms with Gasteiger partial charge >= 0.3 is 0 Å². The smallest absolute Gasteiger partial charge is 0.220 e. The number of imidazole rings is 1. The van der Waals surface area contributed by atoms with Crippen LogP contribution >= 0.6 is 0 Å². The number of aromatic amines is 1. The van der Waals surface area contributed by atoms with Gasteiger partial charge in [0.15, 0.2) is 0 Å². The lowest BCUT2D eigenvalue weighted by Crippen LogP contribution is -2.37. The number of H-pyrrole nitrogens is 1. The summed E-state index contributed by atoms with van der Waals surface area (Å²) in [6.07, 6.45) is 2.12. The summed E-state index contributed by atoms with van der Waals surface area (Å²) in [7, 11) is 0. The van der Waals surface area contributed by atoms with E-state index in [0.717, 1.165) is 42.9 Å². The van der Waals surface area contributed by atoms with E-state index in [-0.39, 0.29) is 11.9 Å². The monoisotopic (exact) mass is 348 g/mol. The van der Waals surface area contributed by atoms with Crippen LogP contribution in [0.4, 0.5) is 0 Å². The third-order valence-corrected chi connectivity index (χ3v) is 4.91. The molecule has 2 aromatic carbocycles. The van der Waals surface area contributed by atoms with Crippen molar-refractivity contribution in [1.82, 2.24) is 20.2 Å². The minimum absolute atomic E-state index is 0.108. The van der Waals surface area contributed by atoms with Gasteiger partial charge in [-0.25, -0.2) is 4.98 Å². The molecule has 2 N–H and O–H groups in total. The summed E-state index contributed by atoms with van der Waals surface area (Å²) in [6, 6.07) is 18.7. The molecule has 3 aromatic rings. The zero-order valence-corrected chi connectivity index (χ0v) is 14.8. The van der Waals surface area contributed by atoms with E-state index in [9.17, 15) is 4.79 Å². The predicted octanol–water partition coefficient (Wildman–Crippen LogP) is 2.89. The van der Waals surface area contributed by atoms with Crippen molar-refractivity contribution in [3.63, 3.8) is 0 Å². The van der Waals surface area contributed by atoms with E-state index in [1.165, 1.54) is 5.56 Å². The molecule has 134 valence electrons. The zero-order chi connectivity index (χ0) is 17.8. The first-order valence-corrected chi connectivity index (χ1v) is 9.25. The van der Waals surface area contributed by atoms with E-state index >= 15 is 0 Å². The number of likely N-dealkylation sites (tertiary alicyclic amines) is 1. The molecule has 0 spiro atoms. The van der Waals surface area contributed by atoms with Crippen LogP contribution in [-0.2, 0) is 17.8 Å². The van der Waals surface area contributed by atoms with E-state index in [0.29, 0.717) is 12.8 Å². The van der Waals surface area contributed by atoms with Crippen molar-refractivity contribution in [2.75, 3.05) is 13.1 Å². The average Bonchev–Trinajstić information content (AvgIpc) is 3.27. The van der Waals surface area contributed by atoms with Gasteiger partial charge in [0.2, 0.25) is 5.91 Å². The van der Waals surface area contributed by atoms with Crippen molar-refractivity contribution in [2.45, 2.75) is 31.8 Å². The van der Waals surface area contributed by atoms with Gasteiger partial charge in [0.05, 0.1) is 11.0 Å². The Kier molecular flexibility index (Phi) is 4.97. The molecule has 0 aliphatic carbocycles. The Bertz CT molecular complexity index is 841. The number of para-hydroxylation sites is 2. The number of rotatable bonds is 6. The molecule has 5 heteroatoms. The van der Waals surface area contributed by atoms with Crippen molar-refractivity contribution in [1.29, 1.82) is 0 Å². The van der Waals surface area contributed by atoms with Crippen molar-refractivity contribution >= 4 is 16.9 Å². The molecule has 1 saturated heterocycles. The van der Waals surface area contributed by atoms with Crippen molar-refractivity contribution < 1.29 is 4.79 Å². The number of nitrogens with one attached hydrogen (secondary N) is 2. The maximum absolute atomic E-state index is 12.3. The van der Waals surface area contributed by atoms with Gasteiger partial charge in [0, 0.05) is 38.5 Å². The Morgan fingerprint density at radius 2 is 1.96 bits per heavy atom. The minimum atomic E-state index is 0.108. The zero-order valence-electron chi connectivity index (χ0n) is 14.8. The topological polar surface area (TPSA) is 61.0 Å². The molecule has 1 amide bonds. The molecular weight excluding hydrogens is 324 g/mol. The number of amides is 1. The van der Waals surface area contributed by atoms with Crippen LogP contribution in [-0.4, -0.2) is 39.9 Å². The number of carbonyl (C=O) groups excluding carboxylic acids is 1. The van der Waals surface area contributed by atoms with Crippen molar-refractivity contribution in [3.05, 3.63) is 66.0 Å². The van der Waals surface area contributed by atoms with E-state index < -0.39 is 0 Å². The van der Waals surface area contributed by atoms with E-state index in [2.05, 4.69) is 44.5 Å². The average molecular weight is 348 g/mol. The van der Waals surface area contributed by atoms with E-state index in [4.69, 9.17) is 0 Å². The SMILES string of the molecule is O=C(CCc1nc2ccccc2[nH]1)NC1CCN(Cc2ccccc2)C1. The highest BCUT2D eigenvalue weighted by Crippen LogP contribution is 2.14. The van der Waals surface area contributed by atoms with Gasteiger partial charge in [0.1, 0.15) is 5.82 Å². The third kappa shape index (κ3) is 4.11. The number of fused-ring (bicyclic) bond motifs is 1. The Morgan fingerprint density at radius 3 is 2.81 bits per heavy atom. The van der Waals surface area contributed by atoms with Crippen LogP contribution < -0.4 is 5.32 Å². The van der Waals surface area contributed by atoms with E-state index in [1.54, 1.807) is 0 Å². The highest BCUT2D eigenvalue weighted by Gasteiger charge is 2.23. The van der Waals surface area contributed by atoms with Gasteiger partial charge < -0.3 is 10.3 Å². The largest absolute Gasteiger partial charge is 0.352 e. The number of hydrogen-bond acceptors (Lipinski definition) is 3. The summed E-state index contributed by atoms with van der Waals surface area (Å²) in [5.41, 5.74) is 3.30. The van der Waals surface area contributed by atoms with Crippen LogP contribution in [0.3, 0.4) is 0 Å². The number of carbonyl (C=O) groups is 1. The molecule has 1 unspecified atom stereocenters. The lowest BCUT2D eigenvalue weighted by Gasteiger charge is -2.16. The second kappa shape index (κ2) is 7.70. The van der Waals surface area contributed by atoms with Crippen LogP contribution in [0.15, 0.2) is 54.6 Å². The summed E-state index contributed by atoms with van der Waals surface area (Å²) in [5, 5.41) is 3.18. The molecule has 4 rings (SSSR count). The first kappa shape index (κ1) is 16.8. The fourth-order valence-corrected chi connectivity index (χ4v) is 3.59. The number of aryl methyl sites for hydroxylation is 1. The summed E-state index contributed by atoms with van der Waals surface area (Å²) >= 11 is 0. The summed E-state index contributed by atoms with van der Waals surface area (Å²) in [6.45, 7) is 2.90. The molecule has 1 atom stereocenters. The van der Waals surface area contributed by atoms with Gasteiger partial charge in [-0.05, 0) is 24.1 Å². The van der Waals surface area contributed by atoms with Crippen LogP contribution in [0, 0.1) is 0 Å². The van der Waals surface area contributed by atoms with Crippen LogP contribution in [0.25, 0.3) is 11.0 Å². The third-order valence-electron chi connectivity index (χ3n) is 4.91. The molecule has 1 aliphatic rings. The van der Waals surface area contributed by atoms with Crippen LogP contribution in [0.1, 0.15) is 24.2 Å². The van der Waals surface area contributed by atoms with Crippen molar-refractivity contribution in [3.8, 4) is 0 Å². The quantitative estimate of drug-likeness (QED) is 0.720. The highest BCUT2D eigenvalue weighted by atomic mass is 16.1. The second-order valence-corrected chi connectivity index (χ2v) is 6.97. The first-order valence-electron chi connectivity index (χ1n) is 9.25. The van der Waals surface area contributed by atoms with E-state index in [1.807, 2.05) is 30.3 Å². The number of benzene rings is 2. The molecular formula is C21H24N4O. The number of aromatic nitrogens is 2. The minimum Gasteiger partial charge on any atom is -0.352 e. The molecule has 1 aromatic heterocycles. The van der Waals surface area contributed by atoms with Gasteiger partial charge in [-0.15, -0.1) is 0 Å². The van der Waals surface area contributed by atoms with Crippen LogP contribution in [0.2, 0.25) is 0 Å². The molecule has 0 bridgehead atoms. The fourth-order valence-electron chi connectivity index (χ4n) is 3.59. The van der Waals surface area contributed by atoms with Crippen LogP contribution in [0.5, 0.6) is 0 Å². The maximum atomic E-state index is 12.3. The second-order valence-electron chi connectivity index (χ2n) is 6.97. The van der Waals surface area contributed by atoms with Gasteiger partial charge in [-0.3, -0.25) is 9.69 Å². The maximum Gasteiger partial charge on any atom is 0.220 e. The summed E-state index contributed by atoms with van der Waals surface area (Å²) in [4.78, 5) is 22.5. The van der Waals surface area contributed by atoms with Crippen molar-refractivity contribution in [2.24, 2.45) is 0 Å². The fraction of sp³-hybridized carbons (Fsp3) is 0.333. The lowest BCUT2D eigenvalue weighted by molar-refractivity contribution is -0.121. The molecule has 1 aliphatic heterocycles. The normalized spacial score (nSPS) is 17.6. The number of hydrogen-bond donors (Lipinski definition) is 2. The molecule has 0 saturated carbocycles. The first-order chi connectivity index (χ1) is 12.8. The summed E-state index contributed by atoms with van der Waals surface area (Å²) in [5.74, 6) is 0.982. The Balaban J connectivity index is 1.23. The Morgan fingerprint density at radius 1 is 1.15 bits per heavy atom. The molecule has 0 radical (unpaired) electrons. The molecule has 26 heavy (non-hydrogen) atoms. The molecule has 5 nitrogen and oxygen atoms in total. The Hall–Kier alpha value is -2.66. The van der Waals surface area contributed by atoms with Gasteiger partial charge in [0.25, 0.3) is 0 Å². The summed E-state index contributed by atoms with van der Waals surface area (Å²) < 4.78 is 0. The predicted molar refractivity (Wildman–Crippen MR) is 103 cm³/mol. The van der Waals surface area contributed by atoms with Gasteiger partial charge in [-0.2, -0.15) is 0 Å². The number of nitrogens with zero attached hydrogens (tertiary/aromatic N) is 2. The standard InChI is InChI=1S/C21H24N4O/c26-21(11-10-20-23-18-8-4-5-9-19(18)24-20)22-17-12-13-25(15-17)14-16-6-2-1-3-7-16/h1-9,17H,10-15H2,(H,22,26)(H,23,24). The lowest BCUT2D eigenvalue weighted by atomic mass is 10.2. The molecule has 2 heterocycles.